The number of amides is 1. The average Bonchev–Trinajstić information content (AvgIpc) is 2.19. The van der Waals surface area contributed by atoms with Crippen LogP contribution in [0, 0.1) is 0 Å². The Morgan fingerprint density at radius 3 is 3.00 bits per heavy atom. The maximum Gasteiger partial charge on any atom is 0.407 e. The summed E-state index contributed by atoms with van der Waals surface area (Å²) in [6.45, 7) is 3.94. The molecule has 0 saturated heterocycles. The quantitative estimate of drug-likeness (QED) is 0.789. The van der Waals surface area contributed by atoms with Crippen molar-refractivity contribution in [3.05, 3.63) is 24.3 Å². The molecular weight excluding hydrogens is 182 g/mol. The Morgan fingerprint density at radius 1 is 1.64 bits per heavy atom. The standard InChI is InChI=1S/C9H13N3O2/c1-3-14-9(13)12-7(2)8-6-10-4-5-11-8/h4-7H,3H2,1-2H3,(H,12,13). The van der Waals surface area contributed by atoms with E-state index in [9.17, 15) is 4.79 Å². The maximum atomic E-state index is 11.0. The lowest BCUT2D eigenvalue weighted by atomic mass is 10.2. The molecule has 1 N–H and O–H groups in total. The number of aromatic nitrogens is 2. The third-order valence-electron chi connectivity index (χ3n) is 1.64. The first-order chi connectivity index (χ1) is 6.74. The number of nitrogens with zero attached hydrogens (tertiary/aromatic N) is 2. The molecule has 5 heteroatoms. The van der Waals surface area contributed by atoms with E-state index in [4.69, 9.17) is 4.74 Å². The van der Waals surface area contributed by atoms with Crippen LogP contribution in [0.5, 0.6) is 0 Å². The van der Waals surface area contributed by atoms with Gasteiger partial charge in [0.25, 0.3) is 0 Å². The van der Waals surface area contributed by atoms with Crippen LogP contribution >= 0.6 is 0 Å². The molecule has 0 saturated carbocycles. The van der Waals surface area contributed by atoms with E-state index in [0.717, 1.165) is 0 Å². The molecule has 1 atom stereocenters. The van der Waals surface area contributed by atoms with Crippen molar-refractivity contribution in [3.8, 4) is 0 Å². The van der Waals surface area contributed by atoms with E-state index in [-0.39, 0.29) is 6.04 Å². The second kappa shape index (κ2) is 5.16. The summed E-state index contributed by atoms with van der Waals surface area (Å²) in [4.78, 5) is 19.0. The molecule has 0 radical (unpaired) electrons. The molecule has 76 valence electrons. The van der Waals surface area contributed by atoms with Crippen LogP contribution in [-0.4, -0.2) is 22.7 Å². The summed E-state index contributed by atoms with van der Waals surface area (Å²) in [6.07, 6.45) is 4.33. The number of hydrogen-bond donors (Lipinski definition) is 1. The topological polar surface area (TPSA) is 64.1 Å². The van der Waals surface area contributed by atoms with Crippen molar-refractivity contribution >= 4 is 6.09 Å². The van der Waals surface area contributed by atoms with Crippen LogP contribution in [0.15, 0.2) is 18.6 Å². The molecule has 0 aromatic carbocycles. The fraction of sp³-hybridized carbons (Fsp3) is 0.444. The van der Waals surface area contributed by atoms with Crippen LogP contribution in [0.25, 0.3) is 0 Å². The Morgan fingerprint density at radius 2 is 2.43 bits per heavy atom. The first-order valence-electron chi connectivity index (χ1n) is 4.43. The summed E-state index contributed by atoms with van der Waals surface area (Å²) in [5, 5.41) is 2.63. The predicted molar refractivity (Wildman–Crippen MR) is 50.6 cm³/mol. The first-order valence-corrected chi connectivity index (χ1v) is 4.43. The van der Waals surface area contributed by atoms with Crippen molar-refractivity contribution in [1.82, 2.24) is 15.3 Å². The molecule has 1 unspecified atom stereocenters. The van der Waals surface area contributed by atoms with E-state index in [1.54, 1.807) is 25.5 Å². The van der Waals surface area contributed by atoms with E-state index in [1.165, 1.54) is 0 Å². The molecule has 5 nitrogen and oxygen atoms in total. The number of hydrogen-bond acceptors (Lipinski definition) is 4. The minimum absolute atomic E-state index is 0.192. The molecular formula is C9H13N3O2. The van der Waals surface area contributed by atoms with Crippen LogP contribution in [0.3, 0.4) is 0 Å². The molecule has 0 aliphatic carbocycles. The molecule has 1 rings (SSSR count). The van der Waals surface area contributed by atoms with Gasteiger partial charge in [-0.1, -0.05) is 0 Å². The fourth-order valence-electron chi connectivity index (χ4n) is 0.958. The smallest absolute Gasteiger partial charge is 0.407 e. The summed E-state index contributed by atoms with van der Waals surface area (Å²) in [7, 11) is 0. The van der Waals surface area contributed by atoms with Crippen molar-refractivity contribution < 1.29 is 9.53 Å². The van der Waals surface area contributed by atoms with Gasteiger partial charge in [-0.3, -0.25) is 9.97 Å². The monoisotopic (exact) mass is 195 g/mol. The average molecular weight is 195 g/mol. The molecule has 1 amide bonds. The van der Waals surface area contributed by atoms with Gasteiger partial charge in [-0.2, -0.15) is 0 Å². The van der Waals surface area contributed by atoms with Gasteiger partial charge in [0.1, 0.15) is 0 Å². The molecule has 1 aromatic rings. The van der Waals surface area contributed by atoms with Crippen LogP contribution in [0.4, 0.5) is 4.79 Å². The van der Waals surface area contributed by atoms with Gasteiger partial charge in [0.15, 0.2) is 0 Å². The summed E-state index contributed by atoms with van der Waals surface area (Å²) >= 11 is 0. The Balaban J connectivity index is 2.50. The second-order valence-corrected chi connectivity index (χ2v) is 2.72. The van der Waals surface area contributed by atoms with E-state index in [1.807, 2.05) is 6.92 Å². The highest BCUT2D eigenvalue weighted by molar-refractivity contribution is 5.67. The van der Waals surface area contributed by atoms with Crippen molar-refractivity contribution in [2.45, 2.75) is 19.9 Å². The third-order valence-corrected chi connectivity index (χ3v) is 1.64. The normalized spacial score (nSPS) is 11.9. The number of nitrogens with one attached hydrogen (secondary N) is 1. The van der Waals surface area contributed by atoms with Crippen LogP contribution in [-0.2, 0) is 4.74 Å². The lowest BCUT2D eigenvalue weighted by Gasteiger charge is -2.11. The third kappa shape index (κ3) is 3.01. The molecule has 14 heavy (non-hydrogen) atoms. The Bertz CT molecular complexity index is 289. The number of rotatable bonds is 3. The van der Waals surface area contributed by atoms with Gasteiger partial charge >= 0.3 is 6.09 Å². The highest BCUT2D eigenvalue weighted by Crippen LogP contribution is 2.06. The molecule has 0 aliphatic heterocycles. The van der Waals surface area contributed by atoms with Gasteiger partial charge in [-0.25, -0.2) is 4.79 Å². The lowest BCUT2D eigenvalue weighted by molar-refractivity contribution is 0.148. The van der Waals surface area contributed by atoms with E-state index >= 15 is 0 Å². The maximum absolute atomic E-state index is 11.0. The van der Waals surface area contributed by atoms with Gasteiger partial charge in [0, 0.05) is 12.4 Å². The number of carbonyl (C=O) groups is 1. The molecule has 1 aromatic heterocycles. The number of alkyl carbamates (subject to hydrolysis) is 1. The van der Waals surface area contributed by atoms with Gasteiger partial charge in [0.05, 0.1) is 24.5 Å². The fourth-order valence-corrected chi connectivity index (χ4v) is 0.958. The summed E-state index contributed by atoms with van der Waals surface area (Å²) < 4.78 is 4.74. The predicted octanol–water partition coefficient (Wildman–Crippen LogP) is 1.28. The van der Waals surface area contributed by atoms with Crippen molar-refractivity contribution in [2.75, 3.05) is 6.61 Å². The van der Waals surface area contributed by atoms with Crippen LogP contribution in [0.2, 0.25) is 0 Å². The molecule has 0 bridgehead atoms. The van der Waals surface area contributed by atoms with Crippen molar-refractivity contribution in [2.24, 2.45) is 0 Å². The Kier molecular flexibility index (Phi) is 3.84. The SMILES string of the molecule is CCOC(=O)NC(C)c1cnccn1. The van der Waals surface area contributed by atoms with E-state index in [0.29, 0.717) is 12.3 Å². The number of ether oxygens (including phenoxy) is 1. The van der Waals surface area contributed by atoms with Crippen LogP contribution < -0.4 is 5.32 Å². The molecule has 0 fully saturated rings. The van der Waals surface area contributed by atoms with E-state index < -0.39 is 6.09 Å². The first kappa shape index (κ1) is 10.4. The van der Waals surface area contributed by atoms with E-state index in [2.05, 4.69) is 15.3 Å². The molecule has 0 aliphatic rings. The Hall–Kier alpha value is -1.65. The largest absolute Gasteiger partial charge is 0.450 e. The summed E-state index contributed by atoms with van der Waals surface area (Å²) in [6, 6.07) is -0.192. The van der Waals surface area contributed by atoms with Gasteiger partial charge in [-0.05, 0) is 13.8 Å². The second-order valence-electron chi connectivity index (χ2n) is 2.72. The van der Waals surface area contributed by atoms with Gasteiger partial charge in [-0.15, -0.1) is 0 Å². The van der Waals surface area contributed by atoms with Gasteiger partial charge in [0.2, 0.25) is 0 Å². The summed E-state index contributed by atoms with van der Waals surface area (Å²) in [5.74, 6) is 0. The molecule has 1 heterocycles. The highest BCUT2D eigenvalue weighted by atomic mass is 16.5. The van der Waals surface area contributed by atoms with Crippen molar-refractivity contribution in [1.29, 1.82) is 0 Å². The van der Waals surface area contributed by atoms with Crippen LogP contribution in [0.1, 0.15) is 25.6 Å². The number of carbonyl (C=O) groups excluding carboxylic acids is 1. The highest BCUT2D eigenvalue weighted by Gasteiger charge is 2.10. The minimum atomic E-state index is -0.439. The zero-order valence-corrected chi connectivity index (χ0v) is 8.23. The summed E-state index contributed by atoms with van der Waals surface area (Å²) in [5.41, 5.74) is 0.709. The zero-order valence-electron chi connectivity index (χ0n) is 8.23. The lowest BCUT2D eigenvalue weighted by Crippen LogP contribution is -2.27. The Labute approximate surface area is 82.5 Å². The van der Waals surface area contributed by atoms with Gasteiger partial charge < -0.3 is 10.1 Å². The molecule has 0 spiro atoms. The minimum Gasteiger partial charge on any atom is -0.450 e. The zero-order chi connectivity index (χ0) is 10.4. The van der Waals surface area contributed by atoms with Crippen molar-refractivity contribution in [3.63, 3.8) is 0 Å².